The molecule has 1 amide bonds. The number of nitrogens with zero attached hydrogens (tertiary/aromatic N) is 4. The lowest BCUT2D eigenvalue weighted by atomic mass is 10.0. The van der Waals surface area contributed by atoms with Gasteiger partial charge in [0.1, 0.15) is 12.4 Å². The number of amides is 1. The lowest BCUT2D eigenvalue weighted by molar-refractivity contribution is 0.0487. The molecule has 6 nitrogen and oxygen atoms in total. The summed E-state index contributed by atoms with van der Waals surface area (Å²) in [5.41, 5.74) is 1.23. The van der Waals surface area contributed by atoms with Gasteiger partial charge in [-0.05, 0) is 17.7 Å². The zero-order chi connectivity index (χ0) is 20.1. The van der Waals surface area contributed by atoms with Crippen LogP contribution in [0.25, 0.3) is 0 Å². The lowest BCUT2D eigenvalue weighted by Crippen LogP contribution is -2.51. The van der Waals surface area contributed by atoms with Gasteiger partial charge in [0.05, 0.1) is 6.04 Å². The molecule has 1 atom stereocenters. The molecule has 0 aliphatic carbocycles. The van der Waals surface area contributed by atoms with Gasteiger partial charge in [0.25, 0.3) is 5.91 Å². The Kier molecular flexibility index (Phi) is 5.91. The minimum Gasteiger partial charge on any atom is -0.492 e. The lowest BCUT2D eigenvalue weighted by Gasteiger charge is -2.39. The third kappa shape index (κ3) is 4.49. The van der Waals surface area contributed by atoms with E-state index in [0.717, 1.165) is 18.8 Å². The number of imidazole rings is 1. The van der Waals surface area contributed by atoms with Crippen molar-refractivity contribution < 1.29 is 9.53 Å². The highest BCUT2D eigenvalue weighted by atomic mass is 16.5. The summed E-state index contributed by atoms with van der Waals surface area (Å²) in [5.74, 6) is 1.36. The monoisotopic (exact) mass is 390 g/mol. The van der Waals surface area contributed by atoms with Crippen molar-refractivity contribution >= 4 is 5.91 Å². The number of carbonyl (C=O) groups is 1. The van der Waals surface area contributed by atoms with Gasteiger partial charge in [0.15, 0.2) is 5.82 Å². The highest BCUT2D eigenvalue weighted by Crippen LogP contribution is 2.24. The molecule has 0 spiro atoms. The normalized spacial score (nSPS) is 15.8. The minimum absolute atomic E-state index is 0.00560. The Morgan fingerprint density at radius 3 is 2.28 bits per heavy atom. The van der Waals surface area contributed by atoms with Crippen LogP contribution in [-0.4, -0.2) is 58.0 Å². The van der Waals surface area contributed by atoms with Crippen molar-refractivity contribution in [1.82, 2.24) is 19.4 Å². The Bertz CT molecular complexity index is 918. The maximum absolute atomic E-state index is 12.7. The molecule has 29 heavy (non-hydrogen) atoms. The molecule has 1 aromatic heterocycles. The summed E-state index contributed by atoms with van der Waals surface area (Å²) in [4.78, 5) is 21.2. The molecule has 0 radical (unpaired) electrons. The minimum atomic E-state index is -0.00560. The average molecular weight is 390 g/mol. The van der Waals surface area contributed by atoms with Gasteiger partial charge in [-0.1, -0.05) is 48.5 Å². The summed E-state index contributed by atoms with van der Waals surface area (Å²) in [5, 5.41) is 0. The standard InChI is InChI=1S/C23H26N4O2/c1-25-13-12-24-22(25)23(28)27-16-14-26(15-17-27)21(19-8-4-2-5-9-19)18-29-20-10-6-3-7-11-20/h2-13,21H,14-18H2,1H3. The molecule has 2 heterocycles. The van der Waals surface area contributed by atoms with Crippen molar-refractivity contribution in [2.24, 2.45) is 7.05 Å². The van der Waals surface area contributed by atoms with Crippen LogP contribution in [0.2, 0.25) is 0 Å². The van der Waals surface area contributed by atoms with Crippen LogP contribution in [0.5, 0.6) is 5.75 Å². The first kappa shape index (κ1) is 19.2. The first-order valence-corrected chi connectivity index (χ1v) is 9.96. The predicted octanol–water partition coefficient (Wildman–Crippen LogP) is 3.00. The van der Waals surface area contributed by atoms with Crippen molar-refractivity contribution in [3.05, 3.63) is 84.4 Å². The summed E-state index contributed by atoms with van der Waals surface area (Å²) < 4.78 is 7.86. The highest BCUT2D eigenvalue weighted by Gasteiger charge is 2.29. The molecule has 1 unspecified atom stereocenters. The molecule has 0 bridgehead atoms. The van der Waals surface area contributed by atoms with Gasteiger partial charge in [-0.25, -0.2) is 4.98 Å². The number of hydrogen-bond donors (Lipinski definition) is 0. The number of benzene rings is 2. The summed E-state index contributed by atoms with van der Waals surface area (Å²) in [6.07, 6.45) is 3.46. The molecular formula is C23H26N4O2. The fourth-order valence-corrected chi connectivity index (χ4v) is 3.73. The van der Waals surface area contributed by atoms with Crippen molar-refractivity contribution in [2.45, 2.75) is 6.04 Å². The average Bonchev–Trinajstić information content (AvgIpc) is 3.21. The van der Waals surface area contributed by atoms with Crippen LogP contribution in [0.15, 0.2) is 73.1 Å². The van der Waals surface area contributed by atoms with E-state index in [1.54, 1.807) is 17.0 Å². The van der Waals surface area contributed by atoms with Gasteiger partial charge in [0.2, 0.25) is 0 Å². The second-order valence-electron chi connectivity index (χ2n) is 7.24. The fourth-order valence-electron chi connectivity index (χ4n) is 3.73. The van der Waals surface area contributed by atoms with E-state index < -0.39 is 0 Å². The quantitative estimate of drug-likeness (QED) is 0.649. The van der Waals surface area contributed by atoms with Gasteiger partial charge in [-0.3, -0.25) is 9.69 Å². The Labute approximate surface area is 171 Å². The number of rotatable bonds is 6. The van der Waals surface area contributed by atoms with Gasteiger partial charge in [-0.2, -0.15) is 0 Å². The van der Waals surface area contributed by atoms with Crippen molar-refractivity contribution in [2.75, 3.05) is 32.8 Å². The van der Waals surface area contributed by atoms with Crippen LogP contribution < -0.4 is 4.74 Å². The molecule has 3 aromatic rings. The molecule has 2 aromatic carbocycles. The molecule has 6 heteroatoms. The van der Waals surface area contributed by atoms with E-state index >= 15 is 0 Å². The number of hydrogen-bond acceptors (Lipinski definition) is 4. The number of piperazine rings is 1. The highest BCUT2D eigenvalue weighted by molar-refractivity contribution is 5.90. The summed E-state index contributed by atoms with van der Waals surface area (Å²) >= 11 is 0. The van der Waals surface area contributed by atoms with Crippen LogP contribution in [0.1, 0.15) is 22.2 Å². The second kappa shape index (κ2) is 8.92. The predicted molar refractivity (Wildman–Crippen MR) is 112 cm³/mol. The zero-order valence-electron chi connectivity index (χ0n) is 16.6. The van der Waals surface area contributed by atoms with Crippen molar-refractivity contribution in [3.63, 3.8) is 0 Å². The van der Waals surface area contributed by atoms with E-state index in [-0.39, 0.29) is 11.9 Å². The molecule has 0 N–H and O–H groups in total. The van der Waals surface area contributed by atoms with Gasteiger partial charge in [0, 0.05) is 45.6 Å². The van der Waals surface area contributed by atoms with Gasteiger partial charge in [-0.15, -0.1) is 0 Å². The van der Waals surface area contributed by atoms with E-state index in [1.165, 1.54) is 5.56 Å². The van der Waals surface area contributed by atoms with E-state index in [2.05, 4.69) is 34.1 Å². The number of ether oxygens (including phenoxy) is 1. The van der Waals surface area contributed by atoms with E-state index in [0.29, 0.717) is 25.5 Å². The topological polar surface area (TPSA) is 50.6 Å². The summed E-state index contributed by atoms with van der Waals surface area (Å²) in [6.45, 7) is 3.53. The van der Waals surface area contributed by atoms with Crippen LogP contribution in [0.3, 0.4) is 0 Å². The molecule has 0 saturated carbocycles. The van der Waals surface area contributed by atoms with Crippen molar-refractivity contribution in [1.29, 1.82) is 0 Å². The third-order valence-electron chi connectivity index (χ3n) is 5.39. The number of carbonyl (C=O) groups excluding carboxylic acids is 1. The molecule has 1 aliphatic heterocycles. The molecule has 1 fully saturated rings. The second-order valence-corrected chi connectivity index (χ2v) is 7.24. The Hall–Kier alpha value is -3.12. The first-order chi connectivity index (χ1) is 14.2. The van der Waals surface area contributed by atoms with E-state index in [1.807, 2.05) is 48.3 Å². The number of aryl methyl sites for hydroxylation is 1. The molecule has 1 aliphatic rings. The maximum atomic E-state index is 12.7. The summed E-state index contributed by atoms with van der Waals surface area (Å²) in [7, 11) is 1.85. The van der Waals surface area contributed by atoms with Crippen LogP contribution in [-0.2, 0) is 7.05 Å². The van der Waals surface area contributed by atoms with Crippen molar-refractivity contribution in [3.8, 4) is 5.75 Å². The summed E-state index contributed by atoms with van der Waals surface area (Å²) in [6, 6.07) is 20.5. The zero-order valence-corrected chi connectivity index (χ0v) is 16.6. The smallest absolute Gasteiger partial charge is 0.289 e. The van der Waals surface area contributed by atoms with Crippen LogP contribution in [0, 0.1) is 0 Å². The van der Waals surface area contributed by atoms with Gasteiger partial charge < -0.3 is 14.2 Å². The number of aromatic nitrogens is 2. The molecule has 150 valence electrons. The first-order valence-electron chi connectivity index (χ1n) is 9.96. The van der Waals surface area contributed by atoms with Crippen LogP contribution >= 0.6 is 0 Å². The molecule has 1 saturated heterocycles. The maximum Gasteiger partial charge on any atom is 0.289 e. The van der Waals surface area contributed by atoms with E-state index in [9.17, 15) is 4.79 Å². The Morgan fingerprint density at radius 2 is 1.66 bits per heavy atom. The van der Waals surface area contributed by atoms with Crippen LogP contribution in [0.4, 0.5) is 0 Å². The van der Waals surface area contributed by atoms with Gasteiger partial charge >= 0.3 is 0 Å². The largest absolute Gasteiger partial charge is 0.492 e. The third-order valence-corrected chi connectivity index (χ3v) is 5.39. The molecular weight excluding hydrogens is 364 g/mol. The van der Waals surface area contributed by atoms with E-state index in [4.69, 9.17) is 4.74 Å². The Balaban J connectivity index is 1.43. The SMILES string of the molecule is Cn1ccnc1C(=O)N1CCN(C(COc2ccccc2)c2ccccc2)CC1. The molecule has 4 rings (SSSR count). The fraction of sp³-hybridized carbons (Fsp3) is 0.304. The Morgan fingerprint density at radius 1 is 1.00 bits per heavy atom. The number of para-hydroxylation sites is 1.